The summed E-state index contributed by atoms with van der Waals surface area (Å²) in [5.74, 6) is -1.18. The van der Waals surface area contributed by atoms with E-state index in [1.54, 1.807) is 44.2 Å². The molecule has 0 bridgehead atoms. The van der Waals surface area contributed by atoms with Gasteiger partial charge in [0.05, 0.1) is 6.61 Å². The van der Waals surface area contributed by atoms with Gasteiger partial charge >= 0.3 is 21.6 Å². The Morgan fingerprint density at radius 2 is 1.75 bits per heavy atom. The second-order valence-corrected chi connectivity index (χ2v) is 7.10. The predicted octanol–water partition coefficient (Wildman–Crippen LogP) is 3.05. The number of aryl methyl sites for hydroxylation is 1. The Bertz CT molecular complexity index is 626. The maximum Gasteiger partial charge on any atom is 0.523 e. The first-order chi connectivity index (χ1) is 11.0. The maximum absolute atomic E-state index is 12.5. The van der Waals surface area contributed by atoms with Crippen molar-refractivity contribution in [2.75, 3.05) is 6.61 Å². The zero-order valence-corrected chi connectivity index (χ0v) is 14.1. The van der Waals surface area contributed by atoms with Crippen LogP contribution in [0.1, 0.15) is 25.8 Å². The molecule has 1 aromatic carbocycles. The zero-order valence-electron chi connectivity index (χ0n) is 13.2. The summed E-state index contributed by atoms with van der Waals surface area (Å²) in [5.41, 5.74) is -4.87. The van der Waals surface area contributed by atoms with E-state index < -0.39 is 27.7 Å². The molecule has 0 aromatic heterocycles. The summed E-state index contributed by atoms with van der Waals surface area (Å²) in [5, 5.41) is 0. The highest BCUT2D eigenvalue weighted by molar-refractivity contribution is 7.87. The van der Waals surface area contributed by atoms with E-state index in [0.717, 1.165) is 5.56 Å². The molecule has 0 aliphatic rings. The molecule has 1 atom stereocenters. The molecule has 0 saturated heterocycles. The normalized spacial score (nSPS) is 13.8. The summed E-state index contributed by atoms with van der Waals surface area (Å²) in [4.78, 5) is 11.9. The summed E-state index contributed by atoms with van der Waals surface area (Å²) in [7, 11) is -5.89. The molecule has 0 amide bonds. The van der Waals surface area contributed by atoms with Gasteiger partial charge in [-0.1, -0.05) is 44.2 Å². The van der Waals surface area contributed by atoms with Crippen LogP contribution in [-0.2, 0) is 30.3 Å². The van der Waals surface area contributed by atoms with Crippen molar-refractivity contribution in [2.45, 2.75) is 38.3 Å². The molecule has 136 valence electrons. The molecule has 0 aliphatic heterocycles. The van der Waals surface area contributed by atoms with Crippen LogP contribution in [0.4, 0.5) is 13.2 Å². The number of carbonyl (C=O) groups excluding carboxylic acids is 1. The topological polar surface area (TPSA) is 69.7 Å². The molecule has 0 N–H and O–H groups in total. The molecular formula is C15H19F3O5S. The van der Waals surface area contributed by atoms with Crippen LogP contribution in [0.25, 0.3) is 0 Å². The molecule has 0 saturated carbocycles. The first kappa shape index (κ1) is 20.4. The molecule has 0 aliphatic carbocycles. The van der Waals surface area contributed by atoms with Gasteiger partial charge in [0.25, 0.3) is 0 Å². The number of ether oxygens (including phenoxy) is 1. The van der Waals surface area contributed by atoms with Crippen LogP contribution in [0.2, 0.25) is 0 Å². The van der Waals surface area contributed by atoms with Crippen molar-refractivity contribution in [3.05, 3.63) is 35.9 Å². The Kier molecular flexibility index (Phi) is 7.22. The van der Waals surface area contributed by atoms with Crippen LogP contribution in [0.15, 0.2) is 30.3 Å². The molecule has 0 radical (unpaired) electrons. The van der Waals surface area contributed by atoms with Crippen molar-refractivity contribution in [3.63, 3.8) is 0 Å². The summed E-state index contributed by atoms with van der Waals surface area (Å²) in [6.45, 7) is 3.43. The minimum atomic E-state index is -5.89. The monoisotopic (exact) mass is 368 g/mol. The Balaban J connectivity index is 2.84. The number of alkyl halides is 3. The standard InChI is InChI=1S/C15H19F3O5S/c1-11(2)10-22-14(19)13(23-24(20,21)15(16,17)18)9-8-12-6-4-3-5-7-12/h3-7,11,13H,8-10H2,1-2H3/t13-/m1/s1. The van der Waals surface area contributed by atoms with Gasteiger partial charge in [-0.05, 0) is 24.3 Å². The second kappa shape index (κ2) is 8.48. The minimum Gasteiger partial charge on any atom is -0.463 e. The summed E-state index contributed by atoms with van der Waals surface area (Å²) < 4.78 is 68.6. The van der Waals surface area contributed by atoms with Crippen LogP contribution < -0.4 is 0 Å². The van der Waals surface area contributed by atoms with Gasteiger partial charge in [-0.2, -0.15) is 21.6 Å². The lowest BCUT2D eigenvalue weighted by atomic mass is 10.1. The average molecular weight is 368 g/mol. The highest BCUT2D eigenvalue weighted by Gasteiger charge is 2.49. The van der Waals surface area contributed by atoms with Crippen LogP contribution >= 0.6 is 0 Å². The van der Waals surface area contributed by atoms with E-state index in [4.69, 9.17) is 4.74 Å². The molecule has 0 spiro atoms. The summed E-state index contributed by atoms with van der Waals surface area (Å²) in [6, 6.07) is 8.59. The summed E-state index contributed by atoms with van der Waals surface area (Å²) >= 11 is 0. The van der Waals surface area contributed by atoms with Crippen molar-refractivity contribution in [2.24, 2.45) is 5.92 Å². The Morgan fingerprint density at radius 3 is 2.25 bits per heavy atom. The van der Waals surface area contributed by atoms with E-state index in [9.17, 15) is 26.4 Å². The fourth-order valence-electron chi connectivity index (χ4n) is 1.70. The number of hydrogen-bond acceptors (Lipinski definition) is 5. The van der Waals surface area contributed by atoms with E-state index >= 15 is 0 Å². The van der Waals surface area contributed by atoms with Gasteiger partial charge in [0, 0.05) is 0 Å². The highest BCUT2D eigenvalue weighted by atomic mass is 32.2. The number of hydrogen-bond donors (Lipinski definition) is 0. The van der Waals surface area contributed by atoms with Crippen molar-refractivity contribution < 1.29 is 35.3 Å². The minimum absolute atomic E-state index is 0.0455. The molecule has 1 aromatic rings. The van der Waals surface area contributed by atoms with E-state index in [-0.39, 0.29) is 25.4 Å². The lowest BCUT2D eigenvalue weighted by molar-refractivity contribution is -0.154. The predicted molar refractivity (Wildman–Crippen MR) is 80.4 cm³/mol. The van der Waals surface area contributed by atoms with E-state index in [0.29, 0.717) is 0 Å². The fraction of sp³-hybridized carbons (Fsp3) is 0.533. The summed E-state index contributed by atoms with van der Waals surface area (Å²) in [6.07, 6.45) is -1.94. The second-order valence-electron chi connectivity index (χ2n) is 5.53. The fourth-order valence-corrected chi connectivity index (χ4v) is 2.29. The third kappa shape index (κ3) is 6.48. The number of carbonyl (C=O) groups is 1. The average Bonchev–Trinajstić information content (AvgIpc) is 2.48. The van der Waals surface area contributed by atoms with Crippen molar-refractivity contribution >= 4 is 16.1 Å². The van der Waals surface area contributed by atoms with E-state index in [1.165, 1.54) is 0 Å². The molecule has 9 heteroatoms. The van der Waals surface area contributed by atoms with Crippen molar-refractivity contribution in [3.8, 4) is 0 Å². The molecule has 0 heterocycles. The lowest BCUT2D eigenvalue weighted by Gasteiger charge is -2.18. The quantitative estimate of drug-likeness (QED) is 0.401. The van der Waals surface area contributed by atoms with Gasteiger partial charge in [0.1, 0.15) is 0 Å². The first-order valence-corrected chi connectivity index (χ1v) is 8.64. The molecule has 5 nitrogen and oxygen atoms in total. The molecule has 1 rings (SSSR count). The van der Waals surface area contributed by atoms with Crippen LogP contribution in [0.5, 0.6) is 0 Å². The van der Waals surface area contributed by atoms with Gasteiger partial charge in [0.15, 0.2) is 6.10 Å². The number of halogens is 3. The molecular weight excluding hydrogens is 349 g/mol. The Labute approximate surface area is 138 Å². The van der Waals surface area contributed by atoms with E-state index in [1.807, 2.05) is 0 Å². The smallest absolute Gasteiger partial charge is 0.463 e. The van der Waals surface area contributed by atoms with Crippen LogP contribution in [0.3, 0.4) is 0 Å². The van der Waals surface area contributed by atoms with Gasteiger partial charge in [-0.3, -0.25) is 0 Å². The van der Waals surface area contributed by atoms with Gasteiger partial charge < -0.3 is 4.74 Å². The van der Waals surface area contributed by atoms with Gasteiger partial charge in [-0.15, -0.1) is 0 Å². The van der Waals surface area contributed by atoms with Crippen molar-refractivity contribution in [1.29, 1.82) is 0 Å². The zero-order chi connectivity index (χ0) is 18.4. The van der Waals surface area contributed by atoms with Crippen LogP contribution in [0, 0.1) is 5.92 Å². The Hall–Kier alpha value is -1.61. The van der Waals surface area contributed by atoms with E-state index in [2.05, 4.69) is 4.18 Å². The molecule has 24 heavy (non-hydrogen) atoms. The molecule has 0 fully saturated rings. The van der Waals surface area contributed by atoms with Crippen LogP contribution in [-0.4, -0.2) is 32.6 Å². The maximum atomic E-state index is 12.5. The van der Waals surface area contributed by atoms with Gasteiger partial charge in [0.2, 0.25) is 0 Å². The third-order valence-corrected chi connectivity index (χ3v) is 3.94. The first-order valence-electron chi connectivity index (χ1n) is 7.23. The van der Waals surface area contributed by atoms with Gasteiger partial charge in [-0.25, -0.2) is 8.98 Å². The Morgan fingerprint density at radius 1 is 1.17 bits per heavy atom. The lowest BCUT2D eigenvalue weighted by Crippen LogP contribution is -2.36. The number of rotatable bonds is 8. The van der Waals surface area contributed by atoms with Crippen molar-refractivity contribution in [1.82, 2.24) is 0 Å². The number of esters is 1. The number of benzene rings is 1. The largest absolute Gasteiger partial charge is 0.523 e. The molecule has 0 unspecified atom stereocenters. The SMILES string of the molecule is CC(C)COC(=O)[C@@H](CCc1ccccc1)OS(=O)(=O)C(F)(F)F. The third-order valence-electron chi connectivity index (χ3n) is 2.89. The highest BCUT2D eigenvalue weighted by Crippen LogP contribution is 2.27.